The summed E-state index contributed by atoms with van der Waals surface area (Å²) in [6, 6.07) is 0. The van der Waals surface area contributed by atoms with E-state index in [1.165, 1.54) is 103 Å². The molecule has 0 aromatic heterocycles. The van der Waals surface area contributed by atoms with Crippen LogP contribution in [0.4, 0.5) is 0 Å². The Morgan fingerprint density at radius 3 is 0.950 bits per heavy atom. The minimum absolute atomic E-state index is 0.102. The maximum absolute atomic E-state index is 12.9. The van der Waals surface area contributed by atoms with Crippen LogP contribution in [0.3, 0.4) is 0 Å². The Hall–Kier alpha value is -1.94. The van der Waals surface area contributed by atoms with Gasteiger partial charge in [0.1, 0.15) is 19.3 Å². The Balaban J connectivity index is 5.21. The van der Waals surface area contributed by atoms with Gasteiger partial charge < -0.3 is 33.8 Å². The van der Waals surface area contributed by atoms with E-state index in [0.717, 1.165) is 109 Å². The van der Waals surface area contributed by atoms with Crippen LogP contribution in [0, 0.1) is 11.8 Å². The van der Waals surface area contributed by atoms with E-state index in [9.17, 15) is 43.2 Å². The van der Waals surface area contributed by atoms with Crippen molar-refractivity contribution >= 4 is 39.5 Å². The Bertz CT molecular complexity index is 1580. The monoisotopic (exact) mass is 1180 g/mol. The Morgan fingerprint density at radius 2 is 0.637 bits per heavy atom. The van der Waals surface area contributed by atoms with Crippen LogP contribution in [0.1, 0.15) is 298 Å². The van der Waals surface area contributed by atoms with Crippen molar-refractivity contribution in [3.63, 3.8) is 0 Å². The summed E-state index contributed by atoms with van der Waals surface area (Å²) >= 11 is 0. The third-order valence-corrected chi connectivity index (χ3v) is 16.2. The van der Waals surface area contributed by atoms with Crippen LogP contribution in [0.25, 0.3) is 0 Å². The summed E-state index contributed by atoms with van der Waals surface area (Å²) in [4.78, 5) is 71.9. The van der Waals surface area contributed by atoms with Crippen molar-refractivity contribution in [2.24, 2.45) is 11.8 Å². The first-order valence-electron chi connectivity index (χ1n) is 32.0. The van der Waals surface area contributed by atoms with Crippen LogP contribution >= 0.6 is 15.6 Å². The first kappa shape index (κ1) is 78.1. The number of hydrogen-bond acceptors (Lipinski definition) is 15. The molecule has 0 aromatic rings. The fourth-order valence-corrected chi connectivity index (χ4v) is 10.5. The zero-order valence-corrected chi connectivity index (χ0v) is 53.2. The van der Waals surface area contributed by atoms with Gasteiger partial charge in [-0.15, -0.1) is 0 Å². The fourth-order valence-electron chi connectivity index (χ4n) is 8.97. The molecule has 0 aliphatic rings. The summed E-state index contributed by atoms with van der Waals surface area (Å²) in [6.07, 6.45) is 35.0. The highest BCUT2D eigenvalue weighted by Crippen LogP contribution is 2.45. The van der Waals surface area contributed by atoms with Crippen molar-refractivity contribution in [1.82, 2.24) is 0 Å². The number of hydrogen-bond donors (Lipinski definition) is 3. The van der Waals surface area contributed by atoms with Gasteiger partial charge in [-0.25, -0.2) is 9.13 Å². The molecule has 0 fully saturated rings. The number of carbonyl (C=O) groups is 4. The predicted octanol–water partition coefficient (Wildman–Crippen LogP) is 16.5. The molecule has 0 saturated heterocycles. The average molecular weight is 1190 g/mol. The van der Waals surface area contributed by atoms with Crippen LogP contribution in [0.2, 0.25) is 0 Å². The SMILES string of the molecule is CCCCCCCCCCCCC(=O)OC[C@H](COP(=O)(O)OC[C@@H](O)COP(=O)(O)OC[C@@H](COC(=O)CCCCCCCCC)OC(=O)CCCCCCCCC(C)C)OC(=O)CCCCCCCCCCCCC(C)CC. The topological polar surface area (TPSA) is 237 Å². The lowest BCUT2D eigenvalue weighted by Gasteiger charge is -2.21. The van der Waals surface area contributed by atoms with E-state index in [4.69, 9.17) is 37.0 Å². The molecule has 0 aromatic carbocycles. The number of aliphatic hydroxyl groups is 1. The van der Waals surface area contributed by atoms with E-state index in [1.54, 1.807) is 0 Å². The number of unbranched alkanes of at least 4 members (excludes halogenated alkanes) is 29. The zero-order valence-electron chi connectivity index (χ0n) is 51.4. The lowest BCUT2D eigenvalue weighted by molar-refractivity contribution is -0.161. The van der Waals surface area contributed by atoms with Crippen molar-refractivity contribution in [3.05, 3.63) is 0 Å². The van der Waals surface area contributed by atoms with Gasteiger partial charge in [-0.3, -0.25) is 37.3 Å². The maximum Gasteiger partial charge on any atom is 0.472 e. The molecule has 0 rings (SSSR count). The van der Waals surface area contributed by atoms with E-state index in [-0.39, 0.29) is 25.7 Å². The van der Waals surface area contributed by atoms with Crippen molar-refractivity contribution in [1.29, 1.82) is 0 Å². The van der Waals surface area contributed by atoms with Crippen LogP contribution < -0.4 is 0 Å². The second-order valence-corrected chi connectivity index (χ2v) is 25.7. The minimum atomic E-state index is -4.94. The third-order valence-electron chi connectivity index (χ3n) is 14.3. The smallest absolute Gasteiger partial charge is 0.462 e. The highest BCUT2D eigenvalue weighted by atomic mass is 31.2. The molecular formula is C61H118O17P2. The predicted molar refractivity (Wildman–Crippen MR) is 317 cm³/mol. The number of phosphoric acid groups is 2. The Morgan fingerprint density at radius 1 is 0.362 bits per heavy atom. The van der Waals surface area contributed by atoms with E-state index in [0.29, 0.717) is 31.6 Å². The van der Waals surface area contributed by atoms with Gasteiger partial charge in [-0.05, 0) is 37.5 Å². The number of rotatable bonds is 60. The molecule has 19 heteroatoms. The van der Waals surface area contributed by atoms with Gasteiger partial charge in [0.15, 0.2) is 12.2 Å². The van der Waals surface area contributed by atoms with E-state index in [1.807, 2.05) is 0 Å². The normalized spacial score (nSPS) is 14.7. The summed E-state index contributed by atoms with van der Waals surface area (Å²) in [5, 5.41) is 10.5. The number of aliphatic hydroxyl groups excluding tert-OH is 1. The first-order valence-corrected chi connectivity index (χ1v) is 35.0. The average Bonchev–Trinajstić information content (AvgIpc) is 3.42. The van der Waals surface area contributed by atoms with Crippen molar-refractivity contribution in [2.45, 2.75) is 317 Å². The molecule has 474 valence electrons. The Kier molecular flexibility index (Phi) is 52.5. The van der Waals surface area contributed by atoms with E-state index >= 15 is 0 Å². The van der Waals surface area contributed by atoms with Gasteiger partial charge in [-0.1, -0.05) is 247 Å². The lowest BCUT2D eigenvalue weighted by Crippen LogP contribution is -2.30. The van der Waals surface area contributed by atoms with Gasteiger partial charge in [0.05, 0.1) is 26.4 Å². The highest BCUT2D eigenvalue weighted by molar-refractivity contribution is 7.47. The standard InChI is InChI=1S/C61H118O17P2/c1-7-10-12-14-16-17-21-25-32-38-44-59(64)72-50-56(77-60(65)45-39-33-26-22-19-18-20-24-30-36-42-54(6)9-3)51-75-79(67,68)73-47-55(62)48-74-80(69,70)76-52-57(49-71-58(63)43-37-31-23-15-13-11-8-2)78-61(66)46-40-34-28-27-29-35-41-53(4)5/h53-57,62H,7-52H2,1-6H3,(H,67,68)(H,69,70)/t54?,55-,56-,57-/m1/s1. The molecule has 3 N–H and O–H groups in total. The summed E-state index contributed by atoms with van der Waals surface area (Å²) in [5.41, 5.74) is 0. The minimum Gasteiger partial charge on any atom is -0.462 e. The summed E-state index contributed by atoms with van der Waals surface area (Å²) < 4.78 is 67.7. The number of ether oxygens (including phenoxy) is 4. The summed E-state index contributed by atoms with van der Waals surface area (Å²) in [6.45, 7) is 9.35. The molecule has 0 amide bonds. The summed E-state index contributed by atoms with van der Waals surface area (Å²) in [7, 11) is -9.88. The number of phosphoric ester groups is 2. The maximum atomic E-state index is 12.9. The second kappa shape index (κ2) is 53.8. The van der Waals surface area contributed by atoms with Crippen molar-refractivity contribution in [3.8, 4) is 0 Å². The number of carbonyl (C=O) groups excluding carboxylic acids is 4. The van der Waals surface area contributed by atoms with Gasteiger partial charge in [0.25, 0.3) is 0 Å². The molecule has 80 heavy (non-hydrogen) atoms. The Labute approximate surface area is 486 Å². The lowest BCUT2D eigenvalue weighted by atomic mass is 9.99. The molecule has 0 saturated carbocycles. The fraction of sp³-hybridized carbons (Fsp3) is 0.934. The summed E-state index contributed by atoms with van der Waals surface area (Å²) in [5.74, 6) is -0.673. The van der Waals surface area contributed by atoms with Crippen LogP contribution in [0.5, 0.6) is 0 Å². The molecule has 17 nitrogen and oxygen atoms in total. The van der Waals surface area contributed by atoms with Gasteiger partial charge >= 0.3 is 39.5 Å². The van der Waals surface area contributed by atoms with E-state index < -0.39 is 97.5 Å². The number of esters is 4. The quantitative estimate of drug-likeness (QED) is 0.0222. The molecule has 0 aliphatic heterocycles. The van der Waals surface area contributed by atoms with Crippen LogP contribution in [-0.2, 0) is 65.4 Å². The zero-order chi connectivity index (χ0) is 59.4. The van der Waals surface area contributed by atoms with Gasteiger partial charge in [0, 0.05) is 25.7 Å². The van der Waals surface area contributed by atoms with Crippen LogP contribution in [0.15, 0.2) is 0 Å². The first-order chi connectivity index (χ1) is 38.4. The third kappa shape index (κ3) is 54.0. The molecule has 0 heterocycles. The van der Waals surface area contributed by atoms with Crippen LogP contribution in [-0.4, -0.2) is 96.7 Å². The molecule has 6 atom stereocenters. The largest absolute Gasteiger partial charge is 0.472 e. The molecule has 3 unspecified atom stereocenters. The van der Waals surface area contributed by atoms with Gasteiger partial charge in [-0.2, -0.15) is 0 Å². The van der Waals surface area contributed by atoms with Crippen molar-refractivity contribution in [2.75, 3.05) is 39.6 Å². The van der Waals surface area contributed by atoms with Crippen molar-refractivity contribution < 1.29 is 80.2 Å². The van der Waals surface area contributed by atoms with Gasteiger partial charge in [0.2, 0.25) is 0 Å². The molecule has 0 bridgehead atoms. The van der Waals surface area contributed by atoms with E-state index in [2.05, 4.69) is 41.5 Å². The highest BCUT2D eigenvalue weighted by Gasteiger charge is 2.30. The molecule has 0 spiro atoms. The molecule has 0 aliphatic carbocycles. The molecular weight excluding hydrogens is 1070 g/mol. The second-order valence-electron chi connectivity index (χ2n) is 22.8. The molecule has 0 radical (unpaired) electrons.